The molecule has 2 atom stereocenters. The van der Waals surface area contributed by atoms with Gasteiger partial charge in [-0.15, -0.1) is 0 Å². The average molecular weight is 367 g/mol. The third-order valence-corrected chi connectivity index (χ3v) is 5.56. The van der Waals surface area contributed by atoms with Crippen LogP contribution < -0.4 is 10.6 Å². The molecule has 8 heteroatoms. The van der Waals surface area contributed by atoms with Crippen LogP contribution in [0, 0.1) is 11.3 Å². The summed E-state index contributed by atoms with van der Waals surface area (Å²) >= 11 is 0. The molecule has 2 saturated heterocycles. The highest BCUT2D eigenvalue weighted by Crippen LogP contribution is 2.30. The molecular formula is C19H21N5O3. The normalized spacial score (nSPS) is 25.9. The highest BCUT2D eigenvalue weighted by molar-refractivity contribution is 6.05. The van der Waals surface area contributed by atoms with E-state index in [9.17, 15) is 19.6 Å². The number of piperazine rings is 1. The molecule has 0 aromatic heterocycles. The third-order valence-electron chi connectivity index (χ3n) is 5.56. The average Bonchev–Trinajstić information content (AvgIpc) is 3.00. The van der Waals surface area contributed by atoms with Crippen LogP contribution >= 0.6 is 0 Å². The Morgan fingerprint density at radius 3 is 2.89 bits per heavy atom. The molecule has 27 heavy (non-hydrogen) atoms. The van der Waals surface area contributed by atoms with Gasteiger partial charge in [0.2, 0.25) is 11.8 Å². The zero-order valence-corrected chi connectivity index (χ0v) is 14.9. The van der Waals surface area contributed by atoms with Crippen molar-refractivity contribution in [3.05, 3.63) is 34.9 Å². The molecule has 2 N–H and O–H groups in total. The number of hydrogen-bond donors (Lipinski definition) is 2. The van der Waals surface area contributed by atoms with E-state index in [1.807, 2.05) is 12.1 Å². The Hall–Kier alpha value is -2.76. The summed E-state index contributed by atoms with van der Waals surface area (Å²) in [5.74, 6) is -0.860. The summed E-state index contributed by atoms with van der Waals surface area (Å²) in [6.07, 6.45) is 0.599. The van der Waals surface area contributed by atoms with Gasteiger partial charge in [-0.25, -0.2) is 0 Å². The fourth-order valence-corrected chi connectivity index (χ4v) is 4.08. The first-order valence-corrected chi connectivity index (χ1v) is 9.18. The molecule has 3 aliphatic rings. The molecule has 1 aromatic rings. The molecule has 3 amide bonds. The van der Waals surface area contributed by atoms with Crippen LogP contribution in [0.1, 0.15) is 34.3 Å². The van der Waals surface area contributed by atoms with E-state index < -0.39 is 11.9 Å². The molecule has 0 saturated carbocycles. The van der Waals surface area contributed by atoms with E-state index in [1.165, 1.54) is 0 Å². The Balaban J connectivity index is 1.57. The van der Waals surface area contributed by atoms with Crippen LogP contribution in [-0.2, 0) is 22.7 Å². The summed E-state index contributed by atoms with van der Waals surface area (Å²) in [6.45, 7) is 3.19. The van der Waals surface area contributed by atoms with E-state index in [2.05, 4.69) is 21.6 Å². The first-order chi connectivity index (χ1) is 13.1. The van der Waals surface area contributed by atoms with Gasteiger partial charge in [-0.1, -0.05) is 12.1 Å². The lowest BCUT2D eigenvalue weighted by Crippen LogP contribution is -2.52. The van der Waals surface area contributed by atoms with E-state index in [1.54, 1.807) is 11.0 Å². The summed E-state index contributed by atoms with van der Waals surface area (Å²) in [6, 6.07) is 7.13. The van der Waals surface area contributed by atoms with E-state index >= 15 is 0 Å². The number of nitrogens with one attached hydrogen (secondary N) is 2. The summed E-state index contributed by atoms with van der Waals surface area (Å²) in [4.78, 5) is 40.1. The highest BCUT2D eigenvalue weighted by Gasteiger charge is 2.40. The molecule has 2 unspecified atom stereocenters. The lowest BCUT2D eigenvalue weighted by atomic mass is 10.0. The van der Waals surface area contributed by atoms with Gasteiger partial charge in [0.15, 0.2) is 0 Å². The largest absolute Gasteiger partial charge is 0.322 e. The predicted molar refractivity (Wildman–Crippen MR) is 95.2 cm³/mol. The summed E-state index contributed by atoms with van der Waals surface area (Å²) in [5, 5.41) is 14.9. The molecular weight excluding hydrogens is 346 g/mol. The monoisotopic (exact) mass is 367 g/mol. The van der Waals surface area contributed by atoms with E-state index in [-0.39, 0.29) is 24.3 Å². The van der Waals surface area contributed by atoms with E-state index in [0.29, 0.717) is 31.6 Å². The maximum Gasteiger partial charge on any atom is 0.255 e. The smallest absolute Gasteiger partial charge is 0.255 e. The molecule has 4 rings (SSSR count). The Labute approximate surface area is 157 Å². The molecule has 0 aliphatic carbocycles. The molecule has 140 valence electrons. The standard InChI is InChI=1S/C19H21N5O3/c20-8-13-9-21-6-7-23(13)10-12-2-1-3-14-15(12)11-24(19(14)27)16-4-5-17(25)22-18(16)26/h1-3,13,16,21H,4-7,9-11H2,(H,22,25,26). The van der Waals surface area contributed by atoms with Crippen LogP contribution in [0.4, 0.5) is 0 Å². The zero-order valence-electron chi connectivity index (χ0n) is 14.9. The molecule has 0 bridgehead atoms. The number of imide groups is 1. The minimum absolute atomic E-state index is 0.168. The van der Waals surface area contributed by atoms with Gasteiger partial charge < -0.3 is 10.2 Å². The number of hydrogen-bond acceptors (Lipinski definition) is 6. The Bertz CT molecular complexity index is 846. The summed E-state index contributed by atoms with van der Waals surface area (Å²) in [5.41, 5.74) is 2.54. The SMILES string of the molecule is N#CC1CNCCN1Cc1cccc2c1CN(C1CCC(=O)NC1=O)C2=O. The van der Waals surface area contributed by atoms with Gasteiger partial charge in [-0.3, -0.25) is 24.6 Å². The number of rotatable bonds is 3. The van der Waals surface area contributed by atoms with Crippen molar-refractivity contribution >= 4 is 17.7 Å². The molecule has 1 aromatic carbocycles. The lowest BCUT2D eigenvalue weighted by molar-refractivity contribution is -0.136. The molecule has 8 nitrogen and oxygen atoms in total. The van der Waals surface area contributed by atoms with Crippen molar-refractivity contribution in [1.82, 2.24) is 20.4 Å². The minimum atomic E-state index is -0.610. The van der Waals surface area contributed by atoms with Crippen molar-refractivity contribution in [1.29, 1.82) is 5.26 Å². The number of benzene rings is 1. The maximum absolute atomic E-state index is 12.9. The number of nitrogens with zero attached hydrogens (tertiary/aromatic N) is 3. The molecule has 3 heterocycles. The number of carbonyl (C=O) groups is 3. The topological polar surface area (TPSA) is 106 Å². The Morgan fingerprint density at radius 1 is 1.26 bits per heavy atom. The Morgan fingerprint density at radius 2 is 2.11 bits per heavy atom. The van der Waals surface area contributed by atoms with Crippen molar-refractivity contribution in [2.75, 3.05) is 19.6 Å². The van der Waals surface area contributed by atoms with E-state index in [0.717, 1.165) is 24.2 Å². The van der Waals surface area contributed by atoms with Gasteiger partial charge in [0, 0.05) is 44.7 Å². The highest BCUT2D eigenvalue weighted by atomic mass is 16.2. The number of carbonyl (C=O) groups excluding carboxylic acids is 3. The second kappa shape index (κ2) is 7.10. The van der Waals surface area contributed by atoms with Gasteiger partial charge >= 0.3 is 0 Å². The van der Waals surface area contributed by atoms with Gasteiger partial charge in [0.1, 0.15) is 12.1 Å². The van der Waals surface area contributed by atoms with Gasteiger partial charge in [-0.2, -0.15) is 5.26 Å². The second-order valence-electron chi connectivity index (χ2n) is 7.16. The van der Waals surface area contributed by atoms with Crippen LogP contribution in [0.3, 0.4) is 0 Å². The van der Waals surface area contributed by atoms with Crippen LogP contribution in [0.25, 0.3) is 0 Å². The van der Waals surface area contributed by atoms with Gasteiger partial charge in [-0.05, 0) is 23.6 Å². The minimum Gasteiger partial charge on any atom is -0.322 e. The van der Waals surface area contributed by atoms with Gasteiger partial charge in [0.05, 0.1) is 6.07 Å². The predicted octanol–water partition coefficient (Wildman–Crippen LogP) is -0.255. The van der Waals surface area contributed by atoms with Crippen molar-refractivity contribution in [3.63, 3.8) is 0 Å². The number of nitriles is 1. The molecule has 2 fully saturated rings. The Kier molecular flexibility index (Phi) is 4.64. The first kappa shape index (κ1) is 17.6. The zero-order chi connectivity index (χ0) is 19.0. The second-order valence-corrected chi connectivity index (χ2v) is 7.16. The van der Waals surface area contributed by atoms with Crippen LogP contribution in [0.2, 0.25) is 0 Å². The van der Waals surface area contributed by atoms with Crippen LogP contribution in [0.15, 0.2) is 18.2 Å². The van der Waals surface area contributed by atoms with Crippen LogP contribution in [0.5, 0.6) is 0 Å². The molecule has 0 spiro atoms. The van der Waals surface area contributed by atoms with E-state index in [4.69, 9.17) is 0 Å². The lowest BCUT2D eigenvalue weighted by Gasteiger charge is -2.32. The molecule has 0 radical (unpaired) electrons. The van der Waals surface area contributed by atoms with Gasteiger partial charge in [0.25, 0.3) is 5.91 Å². The number of piperidine rings is 1. The van der Waals surface area contributed by atoms with Crippen molar-refractivity contribution in [3.8, 4) is 6.07 Å². The van der Waals surface area contributed by atoms with Crippen molar-refractivity contribution < 1.29 is 14.4 Å². The van der Waals surface area contributed by atoms with Crippen molar-refractivity contribution in [2.45, 2.75) is 38.0 Å². The van der Waals surface area contributed by atoms with Crippen LogP contribution in [-0.4, -0.2) is 59.2 Å². The van der Waals surface area contributed by atoms with Crippen molar-refractivity contribution in [2.24, 2.45) is 0 Å². The third kappa shape index (κ3) is 3.20. The first-order valence-electron chi connectivity index (χ1n) is 9.18. The quantitative estimate of drug-likeness (QED) is 0.714. The summed E-state index contributed by atoms with van der Waals surface area (Å²) in [7, 11) is 0. The fraction of sp³-hybridized carbons (Fsp3) is 0.474. The number of fused-ring (bicyclic) bond motifs is 1. The maximum atomic E-state index is 12.9. The number of amides is 3. The fourth-order valence-electron chi connectivity index (χ4n) is 4.08. The molecule has 3 aliphatic heterocycles. The summed E-state index contributed by atoms with van der Waals surface area (Å²) < 4.78 is 0.